The minimum atomic E-state index is -0.687. The first-order chi connectivity index (χ1) is 9.69. The summed E-state index contributed by atoms with van der Waals surface area (Å²) in [4.78, 5) is 4.19. The van der Waals surface area contributed by atoms with Crippen LogP contribution in [0.25, 0.3) is 10.8 Å². The molecule has 0 N–H and O–H groups in total. The van der Waals surface area contributed by atoms with E-state index in [4.69, 9.17) is 9.31 Å². The Kier molecular flexibility index (Phi) is 3.12. The first-order valence-corrected chi connectivity index (χ1v) is 7.11. The molecule has 1 saturated heterocycles. The van der Waals surface area contributed by atoms with Crippen molar-refractivity contribution in [1.29, 1.82) is 0 Å². The van der Waals surface area contributed by atoms with Crippen molar-refractivity contribution in [3.8, 4) is 0 Å². The van der Waals surface area contributed by atoms with Gasteiger partial charge in [0, 0.05) is 22.7 Å². The third-order valence-electron chi connectivity index (χ3n) is 4.48. The molecule has 2 heterocycles. The Labute approximate surface area is 124 Å². The van der Waals surface area contributed by atoms with Gasteiger partial charge in [-0.05, 0) is 52.1 Å². The number of hydrogen-bond donors (Lipinski definition) is 0. The van der Waals surface area contributed by atoms with Crippen molar-refractivity contribution >= 4 is 23.4 Å². The molecule has 0 aliphatic carbocycles. The molecule has 0 unspecified atom stereocenters. The molecule has 1 fully saturated rings. The lowest BCUT2D eigenvalue weighted by molar-refractivity contribution is 0.00578. The van der Waals surface area contributed by atoms with Gasteiger partial charge < -0.3 is 9.31 Å². The summed E-state index contributed by atoms with van der Waals surface area (Å²) in [5, 5.41) is 1.71. The molecule has 0 saturated carbocycles. The van der Waals surface area contributed by atoms with Gasteiger partial charge in [-0.2, -0.15) is 0 Å². The number of pyridine rings is 1. The number of aromatic nitrogens is 1. The molecule has 3 nitrogen and oxygen atoms in total. The molecule has 1 aliphatic heterocycles. The van der Waals surface area contributed by atoms with E-state index in [0.717, 1.165) is 16.5 Å². The van der Waals surface area contributed by atoms with Gasteiger partial charge in [0.1, 0.15) is 5.82 Å². The molecule has 0 bridgehead atoms. The van der Waals surface area contributed by atoms with Crippen LogP contribution in [0.4, 0.5) is 4.39 Å². The second-order valence-corrected chi connectivity index (χ2v) is 6.63. The Bertz CT molecular complexity index is 699. The second-order valence-electron chi connectivity index (χ2n) is 6.63. The van der Waals surface area contributed by atoms with Crippen LogP contribution in [0, 0.1) is 12.7 Å². The van der Waals surface area contributed by atoms with Crippen molar-refractivity contribution < 1.29 is 13.7 Å². The molecule has 0 spiro atoms. The van der Waals surface area contributed by atoms with Gasteiger partial charge in [0.05, 0.1) is 11.2 Å². The minimum absolute atomic E-state index is 0.327. The lowest BCUT2D eigenvalue weighted by atomic mass is 9.78. The fourth-order valence-electron chi connectivity index (χ4n) is 2.44. The van der Waals surface area contributed by atoms with E-state index < -0.39 is 18.3 Å². The quantitative estimate of drug-likeness (QED) is 0.756. The summed E-state index contributed by atoms with van der Waals surface area (Å²) in [7, 11) is -0.687. The maximum absolute atomic E-state index is 14.4. The van der Waals surface area contributed by atoms with E-state index in [1.165, 1.54) is 6.07 Å². The standard InChI is InChI=1S/C16H19BFNO2/c1-10-6-11-7-13(14(18)8-12(11)9-19-10)17-20-15(2,3)16(4,5)21-17/h6-9H,1-5H3. The highest BCUT2D eigenvalue weighted by atomic mass is 19.1. The number of fused-ring (bicyclic) bond motifs is 1. The Morgan fingerprint density at radius 3 is 2.24 bits per heavy atom. The lowest BCUT2D eigenvalue weighted by Crippen LogP contribution is -2.41. The van der Waals surface area contributed by atoms with Crippen LogP contribution in [-0.2, 0) is 9.31 Å². The van der Waals surface area contributed by atoms with Gasteiger partial charge in [0.25, 0.3) is 0 Å². The number of nitrogens with zero attached hydrogens (tertiary/aromatic N) is 1. The fourth-order valence-corrected chi connectivity index (χ4v) is 2.44. The maximum atomic E-state index is 14.4. The average Bonchev–Trinajstić information content (AvgIpc) is 2.58. The monoisotopic (exact) mass is 287 g/mol. The molecule has 5 heteroatoms. The van der Waals surface area contributed by atoms with E-state index >= 15 is 0 Å². The van der Waals surface area contributed by atoms with Crippen molar-refractivity contribution in [2.45, 2.75) is 45.8 Å². The van der Waals surface area contributed by atoms with Crippen LogP contribution in [0.1, 0.15) is 33.4 Å². The van der Waals surface area contributed by atoms with E-state index in [9.17, 15) is 4.39 Å². The lowest BCUT2D eigenvalue weighted by Gasteiger charge is -2.32. The van der Waals surface area contributed by atoms with E-state index in [1.807, 2.05) is 40.7 Å². The predicted molar refractivity (Wildman–Crippen MR) is 82.2 cm³/mol. The predicted octanol–water partition coefficient (Wildman–Crippen LogP) is 2.98. The van der Waals surface area contributed by atoms with E-state index in [0.29, 0.717) is 5.46 Å². The van der Waals surface area contributed by atoms with Crippen molar-refractivity contribution in [3.05, 3.63) is 35.9 Å². The number of hydrogen-bond acceptors (Lipinski definition) is 3. The van der Waals surface area contributed by atoms with Crippen LogP contribution in [0.3, 0.4) is 0 Å². The summed E-state index contributed by atoms with van der Waals surface area (Å²) in [5.74, 6) is -0.327. The Balaban J connectivity index is 2.07. The van der Waals surface area contributed by atoms with Gasteiger partial charge in [-0.25, -0.2) is 4.39 Å². The molecular formula is C16H19BFNO2. The van der Waals surface area contributed by atoms with Gasteiger partial charge in [-0.1, -0.05) is 6.07 Å². The number of halogens is 1. The summed E-state index contributed by atoms with van der Waals surface area (Å²) in [6, 6.07) is 5.22. The summed E-state index contributed by atoms with van der Waals surface area (Å²) >= 11 is 0. The largest absolute Gasteiger partial charge is 0.497 e. The van der Waals surface area contributed by atoms with Gasteiger partial charge in [0.2, 0.25) is 0 Å². The third kappa shape index (κ3) is 2.34. The first-order valence-electron chi connectivity index (χ1n) is 7.11. The van der Waals surface area contributed by atoms with Gasteiger partial charge in [0.15, 0.2) is 0 Å². The molecular weight excluding hydrogens is 268 g/mol. The van der Waals surface area contributed by atoms with E-state index in [-0.39, 0.29) is 5.82 Å². The van der Waals surface area contributed by atoms with E-state index in [2.05, 4.69) is 4.98 Å². The van der Waals surface area contributed by atoms with E-state index in [1.54, 1.807) is 12.3 Å². The number of rotatable bonds is 1. The third-order valence-corrected chi connectivity index (χ3v) is 4.48. The molecule has 21 heavy (non-hydrogen) atoms. The molecule has 3 rings (SSSR count). The summed E-state index contributed by atoms with van der Waals surface area (Å²) in [6.45, 7) is 9.75. The number of aryl methyl sites for hydroxylation is 1. The Morgan fingerprint density at radius 2 is 1.62 bits per heavy atom. The van der Waals surface area contributed by atoms with Crippen molar-refractivity contribution in [3.63, 3.8) is 0 Å². The smallest absolute Gasteiger partial charge is 0.399 e. The van der Waals surface area contributed by atoms with Crippen LogP contribution in [0.15, 0.2) is 24.4 Å². The zero-order chi connectivity index (χ0) is 15.4. The zero-order valence-electron chi connectivity index (χ0n) is 13.0. The Hall–Kier alpha value is -1.46. The molecule has 0 amide bonds. The topological polar surface area (TPSA) is 31.4 Å². The Morgan fingerprint density at radius 1 is 1.00 bits per heavy atom. The van der Waals surface area contributed by atoms with Crippen molar-refractivity contribution in [2.75, 3.05) is 0 Å². The normalized spacial score (nSPS) is 20.2. The molecule has 1 aromatic carbocycles. The van der Waals surface area contributed by atoms with Gasteiger partial charge >= 0.3 is 7.12 Å². The van der Waals surface area contributed by atoms with Crippen LogP contribution in [-0.4, -0.2) is 23.3 Å². The minimum Gasteiger partial charge on any atom is -0.399 e. The summed E-state index contributed by atoms with van der Waals surface area (Å²) in [5.41, 5.74) is 0.376. The first kappa shape index (κ1) is 14.5. The van der Waals surface area contributed by atoms with Crippen LogP contribution >= 0.6 is 0 Å². The highest BCUT2D eigenvalue weighted by Gasteiger charge is 2.52. The van der Waals surface area contributed by atoms with Gasteiger partial charge in [-0.15, -0.1) is 0 Å². The molecule has 110 valence electrons. The van der Waals surface area contributed by atoms with Crippen LogP contribution < -0.4 is 5.46 Å². The zero-order valence-corrected chi connectivity index (χ0v) is 13.0. The molecule has 1 aliphatic rings. The van der Waals surface area contributed by atoms with Crippen molar-refractivity contribution in [1.82, 2.24) is 4.98 Å². The number of benzene rings is 1. The molecule has 2 aromatic rings. The average molecular weight is 287 g/mol. The SMILES string of the molecule is Cc1cc2cc(B3OC(C)(C)C(C)(C)O3)c(F)cc2cn1. The van der Waals surface area contributed by atoms with Crippen LogP contribution in [0.2, 0.25) is 0 Å². The second kappa shape index (κ2) is 4.52. The molecule has 1 aromatic heterocycles. The molecule has 0 atom stereocenters. The van der Waals surface area contributed by atoms with Crippen LogP contribution in [0.5, 0.6) is 0 Å². The van der Waals surface area contributed by atoms with Crippen molar-refractivity contribution in [2.24, 2.45) is 0 Å². The summed E-state index contributed by atoms with van der Waals surface area (Å²) < 4.78 is 26.3. The fraction of sp³-hybridized carbons (Fsp3) is 0.438. The van der Waals surface area contributed by atoms with Gasteiger partial charge in [-0.3, -0.25) is 4.98 Å². The highest BCUT2D eigenvalue weighted by Crippen LogP contribution is 2.36. The molecule has 0 radical (unpaired) electrons. The highest BCUT2D eigenvalue weighted by molar-refractivity contribution is 6.62. The summed E-state index contributed by atoms with van der Waals surface area (Å²) in [6.07, 6.45) is 1.68. The maximum Gasteiger partial charge on any atom is 0.497 e.